The first-order valence-corrected chi connectivity index (χ1v) is 8.67. The summed E-state index contributed by atoms with van der Waals surface area (Å²) < 4.78 is 31.9. The third-order valence-electron chi connectivity index (χ3n) is 4.62. The van der Waals surface area contributed by atoms with Gasteiger partial charge in [0.2, 0.25) is 5.75 Å². The smallest absolute Gasteiger partial charge is 0.203 e. The second-order valence-corrected chi connectivity index (χ2v) is 6.22. The second-order valence-electron chi connectivity index (χ2n) is 6.22. The molecule has 2 heterocycles. The lowest BCUT2D eigenvalue weighted by atomic mass is 10.1. The summed E-state index contributed by atoms with van der Waals surface area (Å²) in [7, 11) is 4.72. The molecule has 4 rings (SSSR count). The molecule has 2 aromatic heterocycles. The molecule has 0 aliphatic rings. The molecule has 28 heavy (non-hydrogen) atoms. The van der Waals surface area contributed by atoms with Crippen molar-refractivity contribution in [2.75, 3.05) is 21.3 Å². The van der Waals surface area contributed by atoms with Gasteiger partial charge in [-0.15, -0.1) is 0 Å². The van der Waals surface area contributed by atoms with Gasteiger partial charge < -0.3 is 18.6 Å². The first-order chi connectivity index (χ1) is 13.6. The van der Waals surface area contributed by atoms with Crippen LogP contribution in [-0.2, 0) is 0 Å². The van der Waals surface area contributed by atoms with Crippen LogP contribution in [0.25, 0.3) is 27.9 Å². The Morgan fingerprint density at radius 3 is 2.25 bits per heavy atom. The molecule has 0 N–H and O–H groups in total. The minimum Gasteiger partial charge on any atom is -0.493 e. The molecule has 0 bridgehead atoms. The van der Waals surface area contributed by atoms with Crippen molar-refractivity contribution in [1.29, 1.82) is 0 Å². The molecule has 2 aromatic carbocycles. The highest BCUT2D eigenvalue weighted by Crippen LogP contribution is 2.41. The van der Waals surface area contributed by atoms with Gasteiger partial charge in [0.05, 0.1) is 32.5 Å². The van der Waals surface area contributed by atoms with E-state index in [1.54, 1.807) is 33.6 Å². The van der Waals surface area contributed by atoms with Crippen LogP contribution < -0.4 is 14.2 Å². The number of nitrogens with zero attached hydrogens (tertiary/aromatic N) is 2. The van der Waals surface area contributed by atoms with Gasteiger partial charge in [0, 0.05) is 29.7 Å². The van der Waals surface area contributed by atoms with Crippen LogP contribution in [-0.4, -0.2) is 30.7 Å². The van der Waals surface area contributed by atoms with Crippen LogP contribution in [0.5, 0.6) is 17.2 Å². The molecule has 0 amide bonds. The standard InChI is InChI=1S/C22H19FN2O3/c1-26-19-11-15(12-20(27-2)22(19)28-3)21-18-10-16(13-25(18)8-7-24-21)14-5-4-6-17(23)9-14/h4-13H,1-3H3. The number of halogens is 1. The minimum atomic E-state index is -0.268. The second kappa shape index (κ2) is 7.23. The third kappa shape index (κ3) is 3.03. The van der Waals surface area contributed by atoms with Crippen molar-refractivity contribution in [2.45, 2.75) is 0 Å². The molecule has 0 saturated heterocycles. The fraction of sp³-hybridized carbons (Fsp3) is 0.136. The molecule has 6 heteroatoms. The van der Waals surface area contributed by atoms with E-state index in [-0.39, 0.29) is 5.82 Å². The Labute approximate surface area is 161 Å². The average Bonchev–Trinajstić information content (AvgIpc) is 3.17. The highest BCUT2D eigenvalue weighted by atomic mass is 19.1. The Bertz CT molecular complexity index is 1130. The van der Waals surface area contributed by atoms with E-state index in [0.717, 1.165) is 27.9 Å². The molecule has 0 atom stereocenters. The van der Waals surface area contributed by atoms with Gasteiger partial charge >= 0.3 is 0 Å². The van der Waals surface area contributed by atoms with Crippen molar-refractivity contribution in [2.24, 2.45) is 0 Å². The van der Waals surface area contributed by atoms with Crippen LogP contribution >= 0.6 is 0 Å². The van der Waals surface area contributed by atoms with E-state index in [2.05, 4.69) is 4.98 Å². The van der Waals surface area contributed by atoms with Gasteiger partial charge in [-0.2, -0.15) is 0 Å². The summed E-state index contributed by atoms with van der Waals surface area (Å²) in [5.41, 5.74) is 4.17. The number of aromatic nitrogens is 2. The van der Waals surface area contributed by atoms with Crippen LogP contribution in [0.2, 0.25) is 0 Å². The van der Waals surface area contributed by atoms with Crippen molar-refractivity contribution in [3.8, 4) is 39.6 Å². The molecule has 0 unspecified atom stereocenters. The maximum Gasteiger partial charge on any atom is 0.203 e. The minimum absolute atomic E-state index is 0.268. The van der Waals surface area contributed by atoms with Gasteiger partial charge in [0.1, 0.15) is 5.82 Å². The van der Waals surface area contributed by atoms with E-state index in [9.17, 15) is 4.39 Å². The number of fused-ring (bicyclic) bond motifs is 1. The lowest BCUT2D eigenvalue weighted by Gasteiger charge is -2.14. The first-order valence-electron chi connectivity index (χ1n) is 8.67. The predicted octanol–water partition coefficient (Wildman–Crippen LogP) is 4.83. The number of benzene rings is 2. The highest BCUT2D eigenvalue weighted by Gasteiger charge is 2.17. The third-order valence-corrected chi connectivity index (χ3v) is 4.62. The monoisotopic (exact) mass is 378 g/mol. The van der Waals surface area contributed by atoms with Crippen LogP contribution in [0, 0.1) is 5.82 Å². The Morgan fingerprint density at radius 2 is 1.61 bits per heavy atom. The zero-order valence-corrected chi connectivity index (χ0v) is 15.8. The average molecular weight is 378 g/mol. The van der Waals surface area contributed by atoms with Gasteiger partial charge in [-0.25, -0.2) is 4.39 Å². The summed E-state index contributed by atoms with van der Waals surface area (Å²) >= 11 is 0. The summed E-state index contributed by atoms with van der Waals surface area (Å²) in [6.45, 7) is 0. The summed E-state index contributed by atoms with van der Waals surface area (Å²) in [5, 5.41) is 0. The number of hydrogen-bond acceptors (Lipinski definition) is 4. The number of rotatable bonds is 5. The summed E-state index contributed by atoms with van der Waals surface area (Å²) in [4.78, 5) is 4.56. The zero-order valence-electron chi connectivity index (χ0n) is 15.8. The van der Waals surface area contributed by atoms with Crippen molar-refractivity contribution in [1.82, 2.24) is 9.38 Å². The fourth-order valence-electron chi connectivity index (χ4n) is 3.30. The number of ether oxygens (including phenoxy) is 3. The predicted molar refractivity (Wildman–Crippen MR) is 106 cm³/mol. The Balaban J connectivity index is 1.90. The molecule has 4 aromatic rings. The van der Waals surface area contributed by atoms with E-state index in [1.807, 2.05) is 41.1 Å². The summed E-state index contributed by atoms with van der Waals surface area (Å²) in [6.07, 6.45) is 5.54. The van der Waals surface area contributed by atoms with Crippen molar-refractivity contribution in [3.05, 3.63) is 66.9 Å². The molecule has 0 fully saturated rings. The maximum absolute atomic E-state index is 13.6. The van der Waals surface area contributed by atoms with Crippen molar-refractivity contribution < 1.29 is 18.6 Å². The molecular weight excluding hydrogens is 359 g/mol. The quantitative estimate of drug-likeness (QED) is 0.499. The summed E-state index contributed by atoms with van der Waals surface area (Å²) in [5.74, 6) is 1.36. The molecule has 142 valence electrons. The molecule has 0 spiro atoms. The molecule has 0 radical (unpaired) electrons. The van der Waals surface area contributed by atoms with E-state index in [4.69, 9.17) is 14.2 Å². The van der Waals surface area contributed by atoms with Crippen molar-refractivity contribution >= 4 is 5.52 Å². The van der Waals surface area contributed by atoms with Crippen LogP contribution in [0.4, 0.5) is 4.39 Å². The largest absolute Gasteiger partial charge is 0.493 e. The van der Waals surface area contributed by atoms with E-state index in [0.29, 0.717) is 17.2 Å². The normalized spacial score (nSPS) is 10.9. The van der Waals surface area contributed by atoms with Gasteiger partial charge in [0.15, 0.2) is 11.5 Å². The maximum atomic E-state index is 13.6. The van der Waals surface area contributed by atoms with E-state index in [1.165, 1.54) is 12.1 Å². The van der Waals surface area contributed by atoms with Gasteiger partial charge in [-0.05, 0) is 35.9 Å². The van der Waals surface area contributed by atoms with Crippen LogP contribution in [0.1, 0.15) is 0 Å². The number of methoxy groups -OCH3 is 3. The zero-order chi connectivity index (χ0) is 19.7. The summed E-state index contributed by atoms with van der Waals surface area (Å²) in [6, 6.07) is 12.2. The molecule has 0 aliphatic heterocycles. The van der Waals surface area contributed by atoms with Crippen LogP contribution in [0.15, 0.2) is 61.1 Å². The molecule has 0 saturated carbocycles. The first kappa shape index (κ1) is 17.9. The molecule has 5 nitrogen and oxygen atoms in total. The van der Waals surface area contributed by atoms with Crippen LogP contribution in [0.3, 0.4) is 0 Å². The Morgan fingerprint density at radius 1 is 0.857 bits per heavy atom. The molecule has 0 aliphatic carbocycles. The fourth-order valence-corrected chi connectivity index (χ4v) is 3.30. The Hall–Kier alpha value is -3.54. The Kier molecular flexibility index (Phi) is 4.61. The highest BCUT2D eigenvalue weighted by molar-refractivity contribution is 5.83. The number of hydrogen-bond donors (Lipinski definition) is 0. The van der Waals surface area contributed by atoms with E-state index < -0.39 is 0 Å². The topological polar surface area (TPSA) is 45.0 Å². The SMILES string of the molecule is COc1cc(-c2nccn3cc(-c4cccc(F)c4)cc23)cc(OC)c1OC. The van der Waals surface area contributed by atoms with Gasteiger partial charge in [0.25, 0.3) is 0 Å². The van der Waals surface area contributed by atoms with E-state index >= 15 is 0 Å². The van der Waals surface area contributed by atoms with Gasteiger partial charge in [-0.3, -0.25) is 4.98 Å². The lowest BCUT2D eigenvalue weighted by molar-refractivity contribution is 0.324. The molecular formula is C22H19FN2O3. The van der Waals surface area contributed by atoms with Gasteiger partial charge in [-0.1, -0.05) is 12.1 Å². The lowest BCUT2D eigenvalue weighted by Crippen LogP contribution is -1.97. The van der Waals surface area contributed by atoms with Crippen molar-refractivity contribution in [3.63, 3.8) is 0 Å².